The molecule has 0 atom stereocenters. The lowest BCUT2D eigenvalue weighted by atomic mass is 10.2. The molecule has 88 valence electrons. The number of anilines is 1. The average Bonchev–Trinajstić information content (AvgIpc) is 2.33. The van der Waals surface area contributed by atoms with Gasteiger partial charge >= 0.3 is 0 Å². The second-order valence-electron chi connectivity index (χ2n) is 3.42. The number of hydrogen-bond donors (Lipinski definition) is 2. The van der Waals surface area contributed by atoms with E-state index < -0.39 is 0 Å². The second-order valence-corrected chi connectivity index (χ2v) is 3.83. The highest BCUT2D eigenvalue weighted by molar-refractivity contribution is 6.32. The minimum absolute atomic E-state index is 0.325. The van der Waals surface area contributed by atoms with Gasteiger partial charge in [0.25, 0.3) is 0 Å². The third-order valence-electron chi connectivity index (χ3n) is 2.06. The Morgan fingerprint density at radius 3 is 2.88 bits per heavy atom. The minimum Gasteiger partial charge on any atom is -0.436 e. The van der Waals surface area contributed by atoms with Gasteiger partial charge in [0.2, 0.25) is 5.88 Å². The van der Waals surface area contributed by atoms with Crippen molar-refractivity contribution >= 4 is 17.4 Å². The maximum absolute atomic E-state index is 6.04. The summed E-state index contributed by atoms with van der Waals surface area (Å²) in [6.45, 7) is 1.95. The molecule has 0 unspecified atom stereocenters. The highest BCUT2D eigenvalue weighted by atomic mass is 35.5. The Hall–Kier alpha value is -1.85. The molecule has 1 aromatic carbocycles. The van der Waals surface area contributed by atoms with Crippen molar-refractivity contribution in [1.82, 2.24) is 9.97 Å². The van der Waals surface area contributed by atoms with Crippen LogP contribution in [0.25, 0.3) is 0 Å². The number of benzene rings is 1. The van der Waals surface area contributed by atoms with E-state index in [2.05, 4.69) is 15.4 Å². The first-order chi connectivity index (χ1) is 8.19. The molecule has 17 heavy (non-hydrogen) atoms. The van der Waals surface area contributed by atoms with Crippen LogP contribution in [-0.2, 0) is 0 Å². The molecule has 3 N–H and O–H groups in total. The molecule has 2 aromatic rings. The quantitative estimate of drug-likeness (QED) is 0.647. The normalized spacial score (nSPS) is 10.1. The summed E-state index contributed by atoms with van der Waals surface area (Å²) in [7, 11) is 0. The summed E-state index contributed by atoms with van der Waals surface area (Å²) < 4.78 is 5.51. The van der Waals surface area contributed by atoms with Crippen LogP contribution in [0.5, 0.6) is 11.6 Å². The van der Waals surface area contributed by atoms with Crippen LogP contribution in [-0.4, -0.2) is 9.97 Å². The van der Waals surface area contributed by atoms with Gasteiger partial charge in [-0.2, -0.15) is 4.98 Å². The Balaban J connectivity index is 2.25. The van der Waals surface area contributed by atoms with Crippen molar-refractivity contribution in [3.8, 4) is 11.6 Å². The zero-order chi connectivity index (χ0) is 12.3. The number of nitrogens with two attached hydrogens (primary N) is 1. The van der Waals surface area contributed by atoms with Crippen LogP contribution in [0.3, 0.4) is 0 Å². The van der Waals surface area contributed by atoms with Gasteiger partial charge in [0.1, 0.15) is 5.75 Å². The first kappa shape index (κ1) is 11.6. The monoisotopic (exact) mass is 250 g/mol. The first-order valence-corrected chi connectivity index (χ1v) is 5.29. The lowest BCUT2D eigenvalue weighted by Crippen LogP contribution is -2.09. The molecule has 2 rings (SSSR count). The Labute approximate surface area is 104 Å². The third-order valence-corrected chi connectivity index (χ3v) is 2.36. The second kappa shape index (κ2) is 4.99. The van der Waals surface area contributed by atoms with Gasteiger partial charge in [-0.15, -0.1) is 0 Å². The molecule has 5 nitrogen and oxygen atoms in total. The number of halogens is 1. The summed E-state index contributed by atoms with van der Waals surface area (Å²) in [5.74, 6) is 6.50. The lowest BCUT2D eigenvalue weighted by Gasteiger charge is -2.07. The molecule has 0 aliphatic rings. The van der Waals surface area contributed by atoms with Crippen molar-refractivity contribution in [2.24, 2.45) is 5.84 Å². The molecule has 0 saturated carbocycles. The van der Waals surface area contributed by atoms with Crippen LogP contribution in [0.4, 0.5) is 5.82 Å². The molecule has 1 aromatic heterocycles. The number of nitrogen functional groups attached to an aromatic ring is 1. The van der Waals surface area contributed by atoms with Crippen LogP contribution >= 0.6 is 11.6 Å². The fourth-order valence-corrected chi connectivity index (χ4v) is 1.54. The van der Waals surface area contributed by atoms with E-state index in [9.17, 15) is 0 Å². The zero-order valence-corrected chi connectivity index (χ0v) is 9.90. The van der Waals surface area contributed by atoms with E-state index in [0.29, 0.717) is 22.5 Å². The number of nitrogens with one attached hydrogen (secondary N) is 1. The number of ether oxygens (including phenoxy) is 1. The van der Waals surface area contributed by atoms with Gasteiger partial charge in [-0.25, -0.2) is 5.84 Å². The molecule has 0 aliphatic carbocycles. The van der Waals surface area contributed by atoms with Gasteiger partial charge in [0.15, 0.2) is 5.82 Å². The predicted octanol–water partition coefficient (Wildman–Crippen LogP) is 2.52. The third kappa shape index (κ3) is 2.83. The maximum atomic E-state index is 6.04. The van der Waals surface area contributed by atoms with Gasteiger partial charge in [-0.05, 0) is 24.6 Å². The molecular weight excluding hydrogens is 240 g/mol. The topological polar surface area (TPSA) is 73.1 Å². The summed E-state index contributed by atoms with van der Waals surface area (Å²) in [4.78, 5) is 8.00. The summed E-state index contributed by atoms with van der Waals surface area (Å²) in [5, 5.41) is 0.526. The summed E-state index contributed by atoms with van der Waals surface area (Å²) >= 11 is 6.04. The Kier molecular flexibility index (Phi) is 3.41. The van der Waals surface area contributed by atoms with Crippen molar-refractivity contribution in [2.45, 2.75) is 6.92 Å². The minimum atomic E-state index is 0.325. The van der Waals surface area contributed by atoms with Crippen molar-refractivity contribution in [3.05, 3.63) is 41.2 Å². The number of aryl methyl sites for hydroxylation is 1. The predicted molar refractivity (Wildman–Crippen MR) is 66.1 cm³/mol. The molecule has 0 spiro atoms. The highest BCUT2D eigenvalue weighted by Crippen LogP contribution is 2.29. The average molecular weight is 251 g/mol. The molecule has 0 fully saturated rings. The molecule has 0 amide bonds. The molecule has 0 bridgehead atoms. The van der Waals surface area contributed by atoms with Crippen LogP contribution in [0.1, 0.15) is 5.56 Å². The zero-order valence-electron chi connectivity index (χ0n) is 9.14. The lowest BCUT2D eigenvalue weighted by molar-refractivity contribution is 0.461. The number of rotatable bonds is 3. The summed E-state index contributed by atoms with van der Waals surface area (Å²) in [5.41, 5.74) is 3.45. The molecule has 6 heteroatoms. The number of hydrogen-bond acceptors (Lipinski definition) is 5. The summed E-state index contributed by atoms with van der Waals surface area (Å²) in [6, 6.07) is 5.50. The van der Waals surface area contributed by atoms with Crippen LogP contribution < -0.4 is 16.0 Å². The van der Waals surface area contributed by atoms with Crippen LogP contribution in [0.15, 0.2) is 30.6 Å². The largest absolute Gasteiger partial charge is 0.436 e. The number of hydrazine groups is 1. The van der Waals surface area contributed by atoms with E-state index in [1.165, 1.54) is 12.4 Å². The van der Waals surface area contributed by atoms with Gasteiger partial charge in [0, 0.05) is 0 Å². The van der Waals surface area contributed by atoms with E-state index in [4.69, 9.17) is 22.2 Å². The van der Waals surface area contributed by atoms with Gasteiger partial charge < -0.3 is 10.2 Å². The maximum Gasteiger partial charge on any atom is 0.239 e. The van der Waals surface area contributed by atoms with E-state index >= 15 is 0 Å². The molecule has 0 radical (unpaired) electrons. The van der Waals surface area contributed by atoms with E-state index in [-0.39, 0.29) is 0 Å². The molecular formula is C11H11ClN4O. The first-order valence-electron chi connectivity index (χ1n) is 4.91. The van der Waals surface area contributed by atoms with Crippen molar-refractivity contribution in [3.63, 3.8) is 0 Å². The van der Waals surface area contributed by atoms with E-state index in [1.807, 2.05) is 19.1 Å². The van der Waals surface area contributed by atoms with Crippen LogP contribution in [0, 0.1) is 6.92 Å². The van der Waals surface area contributed by atoms with Gasteiger partial charge in [-0.1, -0.05) is 17.7 Å². The smallest absolute Gasteiger partial charge is 0.239 e. The van der Waals surface area contributed by atoms with E-state index in [1.54, 1.807) is 6.07 Å². The molecule has 0 saturated heterocycles. The number of nitrogens with zero attached hydrogens (tertiary/aromatic N) is 2. The Bertz CT molecular complexity index is 533. The van der Waals surface area contributed by atoms with Crippen molar-refractivity contribution < 1.29 is 4.74 Å². The standard InChI is InChI=1S/C11H11ClN4O/c1-7-2-3-9(8(12)4-7)17-11-6-14-5-10(15-11)16-13/h2-6H,13H2,1H3,(H,15,16). The number of aromatic nitrogens is 2. The van der Waals surface area contributed by atoms with Crippen molar-refractivity contribution in [1.29, 1.82) is 0 Å². The SMILES string of the molecule is Cc1ccc(Oc2cncc(NN)n2)c(Cl)c1. The highest BCUT2D eigenvalue weighted by Gasteiger charge is 2.05. The van der Waals surface area contributed by atoms with Gasteiger partial charge in [-0.3, -0.25) is 4.98 Å². The molecule has 0 aliphatic heterocycles. The molecule has 1 heterocycles. The van der Waals surface area contributed by atoms with Crippen molar-refractivity contribution in [2.75, 3.05) is 5.43 Å². The fourth-order valence-electron chi connectivity index (χ4n) is 1.27. The Morgan fingerprint density at radius 1 is 1.35 bits per heavy atom. The fraction of sp³-hybridized carbons (Fsp3) is 0.0909. The summed E-state index contributed by atoms with van der Waals surface area (Å²) in [6.07, 6.45) is 2.97. The van der Waals surface area contributed by atoms with E-state index in [0.717, 1.165) is 5.56 Å². The van der Waals surface area contributed by atoms with Crippen LogP contribution in [0.2, 0.25) is 5.02 Å². The Morgan fingerprint density at radius 2 is 2.18 bits per heavy atom. The van der Waals surface area contributed by atoms with Gasteiger partial charge in [0.05, 0.1) is 17.4 Å².